The van der Waals surface area contributed by atoms with Gasteiger partial charge in [0.1, 0.15) is 6.04 Å². The van der Waals surface area contributed by atoms with Gasteiger partial charge in [0.05, 0.1) is 22.9 Å². The SMILES string of the molecule is CCN1C(=O)N(c2ccc(C#N)c(C(F)(F)F)c2)C(=O)C1C. The van der Waals surface area contributed by atoms with Gasteiger partial charge in [-0.3, -0.25) is 4.79 Å². The fourth-order valence-corrected chi connectivity index (χ4v) is 2.36. The number of nitriles is 1. The third-order valence-electron chi connectivity index (χ3n) is 3.51. The average Bonchev–Trinajstić information content (AvgIpc) is 2.67. The molecule has 1 heterocycles. The van der Waals surface area contributed by atoms with Crippen LogP contribution in [0, 0.1) is 11.3 Å². The highest BCUT2D eigenvalue weighted by Gasteiger charge is 2.43. The molecule has 8 heteroatoms. The fourth-order valence-electron chi connectivity index (χ4n) is 2.36. The third kappa shape index (κ3) is 2.39. The molecule has 0 aromatic heterocycles. The van der Waals surface area contributed by atoms with E-state index in [4.69, 9.17) is 5.26 Å². The zero-order valence-corrected chi connectivity index (χ0v) is 11.8. The predicted molar refractivity (Wildman–Crippen MR) is 70.9 cm³/mol. The van der Waals surface area contributed by atoms with Gasteiger partial charge in [-0.1, -0.05) is 0 Å². The van der Waals surface area contributed by atoms with Crippen LogP contribution >= 0.6 is 0 Å². The zero-order valence-electron chi connectivity index (χ0n) is 11.8. The number of carbonyl (C=O) groups excluding carboxylic acids is 2. The summed E-state index contributed by atoms with van der Waals surface area (Å²) in [5.74, 6) is -0.593. The van der Waals surface area contributed by atoms with E-state index in [9.17, 15) is 22.8 Å². The monoisotopic (exact) mass is 311 g/mol. The molecule has 22 heavy (non-hydrogen) atoms. The van der Waals surface area contributed by atoms with Crippen LogP contribution in [0.3, 0.4) is 0 Å². The summed E-state index contributed by atoms with van der Waals surface area (Å²) in [5, 5.41) is 8.76. The number of amides is 3. The molecule has 1 aliphatic rings. The molecular weight excluding hydrogens is 299 g/mol. The maximum absolute atomic E-state index is 13.0. The molecule has 2 rings (SSSR count). The summed E-state index contributed by atoms with van der Waals surface area (Å²) in [4.78, 5) is 26.2. The van der Waals surface area contributed by atoms with Crippen LogP contribution in [-0.2, 0) is 11.0 Å². The summed E-state index contributed by atoms with van der Waals surface area (Å²) in [5.41, 5.74) is -1.92. The molecule has 0 N–H and O–H groups in total. The summed E-state index contributed by atoms with van der Waals surface area (Å²) in [7, 11) is 0. The number of benzene rings is 1. The first-order valence-electron chi connectivity index (χ1n) is 6.48. The maximum atomic E-state index is 13.0. The number of alkyl halides is 3. The van der Waals surface area contributed by atoms with Crippen molar-refractivity contribution >= 4 is 17.6 Å². The first kappa shape index (κ1) is 15.8. The van der Waals surface area contributed by atoms with E-state index in [1.807, 2.05) is 0 Å². The lowest BCUT2D eigenvalue weighted by molar-refractivity contribution is -0.137. The van der Waals surface area contributed by atoms with E-state index in [1.165, 1.54) is 17.9 Å². The van der Waals surface area contributed by atoms with Crippen LogP contribution in [0.25, 0.3) is 0 Å². The van der Waals surface area contributed by atoms with Gasteiger partial charge in [0.15, 0.2) is 0 Å². The topological polar surface area (TPSA) is 64.4 Å². The Morgan fingerprint density at radius 3 is 2.41 bits per heavy atom. The molecule has 1 fully saturated rings. The summed E-state index contributed by atoms with van der Waals surface area (Å²) in [6.07, 6.45) is -4.75. The number of hydrogen-bond donors (Lipinski definition) is 0. The quantitative estimate of drug-likeness (QED) is 0.789. The van der Waals surface area contributed by atoms with Gasteiger partial charge >= 0.3 is 12.2 Å². The van der Waals surface area contributed by atoms with Crippen LogP contribution in [0.2, 0.25) is 0 Å². The molecule has 1 saturated heterocycles. The second-order valence-corrected chi connectivity index (χ2v) is 4.76. The molecule has 1 atom stereocenters. The number of carbonyl (C=O) groups is 2. The number of hydrogen-bond acceptors (Lipinski definition) is 3. The van der Waals surface area contributed by atoms with Crippen LogP contribution < -0.4 is 4.90 Å². The Morgan fingerprint density at radius 1 is 1.32 bits per heavy atom. The number of anilines is 1. The Morgan fingerprint density at radius 2 is 1.95 bits per heavy atom. The maximum Gasteiger partial charge on any atom is 0.417 e. The van der Waals surface area contributed by atoms with Gasteiger partial charge in [-0.2, -0.15) is 18.4 Å². The van der Waals surface area contributed by atoms with E-state index in [1.54, 1.807) is 6.92 Å². The van der Waals surface area contributed by atoms with E-state index in [0.717, 1.165) is 12.1 Å². The zero-order chi connectivity index (χ0) is 16.7. The van der Waals surface area contributed by atoms with Crippen molar-refractivity contribution in [2.45, 2.75) is 26.1 Å². The average molecular weight is 311 g/mol. The lowest BCUT2D eigenvalue weighted by atomic mass is 10.1. The van der Waals surface area contributed by atoms with Crippen molar-refractivity contribution in [3.8, 4) is 6.07 Å². The highest BCUT2D eigenvalue weighted by atomic mass is 19.4. The number of urea groups is 1. The first-order chi connectivity index (χ1) is 10.2. The van der Waals surface area contributed by atoms with Crippen LogP contribution in [0.1, 0.15) is 25.0 Å². The Bertz CT molecular complexity index is 679. The van der Waals surface area contributed by atoms with E-state index in [0.29, 0.717) is 11.0 Å². The standard InChI is InChI=1S/C14H12F3N3O2/c1-3-19-8(2)12(21)20(13(19)22)10-5-4-9(7-18)11(6-10)14(15,16)17/h4-6,8H,3H2,1-2H3. The fraction of sp³-hybridized carbons (Fsp3) is 0.357. The molecule has 0 bridgehead atoms. The highest BCUT2D eigenvalue weighted by molar-refractivity contribution is 6.21. The molecule has 0 radical (unpaired) electrons. The van der Waals surface area contributed by atoms with Crippen LogP contribution in [0.15, 0.2) is 18.2 Å². The van der Waals surface area contributed by atoms with Crippen molar-refractivity contribution in [2.75, 3.05) is 11.4 Å². The third-order valence-corrected chi connectivity index (χ3v) is 3.51. The normalized spacial score (nSPS) is 18.8. The number of halogens is 3. The first-order valence-corrected chi connectivity index (χ1v) is 6.48. The van der Waals surface area contributed by atoms with Crippen molar-refractivity contribution in [3.05, 3.63) is 29.3 Å². The van der Waals surface area contributed by atoms with Crippen molar-refractivity contribution in [1.82, 2.24) is 4.90 Å². The van der Waals surface area contributed by atoms with Gasteiger partial charge in [-0.05, 0) is 32.0 Å². The van der Waals surface area contributed by atoms with Gasteiger partial charge in [0, 0.05) is 6.54 Å². The Balaban J connectivity index is 2.53. The highest BCUT2D eigenvalue weighted by Crippen LogP contribution is 2.35. The molecule has 116 valence electrons. The van der Waals surface area contributed by atoms with Crippen LogP contribution in [-0.4, -0.2) is 29.4 Å². The molecule has 1 unspecified atom stereocenters. The lowest BCUT2D eigenvalue weighted by Crippen LogP contribution is -2.33. The minimum absolute atomic E-state index is 0.191. The summed E-state index contributed by atoms with van der Waals surface area (Å²) < 4.78 is 38.9. The molecule has 1 aromatic rings. The number of rotatable bonds is 2. The van der Waals surface area contributed by atoms with Crippen molar-refractivity contribution in [3.63, 3.8) is 0 Å². The minimum Gasteiger partial charge on any atom is -0.312 e. The summed E-state index contributed by atoms with van der Waals surface area (Å²) in [6, 6.07) is 2.82. The van der Waals surface area contributed by atoms with Gasteiger partial charge < -0.3 is 4.90 Å². The molecule has 1 aromatic carbocycles. The van der Waals surface area contributed by atoms with E-state index >= 15 is 0 Å². The van der Waals surface area contributed by atoms with E-state index in [-0.39, 0.29) is 12.2 Å². The molecule has 5 nitrogen and oxygen atoms in total. The number of imide groups is 1. The predicted octanol–water partition coefficient (Wildman–Crippen LogP) is 2.75. The van der Waals surface area contributed by atoms with Gasteiger partial charge in [0.2, 0.25) is 0 Å². The molecule has 3 amide bonds. The Hall–Kier alpha value is -2.56. The number of nitrogens with zero attached hydrogens (tertiary/aromatic N) is 3. The number of likely N-dealkylation sites (N-methyl/N-ethyl adjacent to an activating group) is 1. The lowest BCUT2D eigenvalue weighted by Gasteiger charge is -2.18. The van der Waals surface area contributed by atoms with Crippen molar-refractivity contribution in [1.29, 1.82) is 5.26 Å². The molecule has 0 aliphatic carbocycles. The van der Waals surface area contributed by atoms with E-state index < -0.39 is 35.3 Å². The van der Waals surface area contributed by atoms with E-state index in [2.05, 4.69) is 0 Å². The van der Waals surface area contributed by atoms with Crippen LogP contribution in [0.4, 0.5) is 23.7 Å². The molecule has 0 spiro atoms. The minimum atomic E-state index is -4.75. The molecule has 1 aliphatic heterocycles. The second-order valence-electron chi connectivity index (χ2n) is 4.76. The van der Waals surface area contributed by atoms with Crippen molar-refractivity contribution < 1.29 is 22.8 Å². The second kappa shape index (κ2) is 5.33. The summed E-state index contributed by atoms with van der Waals surface area (Å²) in [6.45, 7) is 3.45. The van der Waals surface area contributed by atoms with Crippen LogP contribution in [0.5, 0.6) is 0 Å². The van der Waals surface area contributed by atoms with Gasteiger partial charge in [-0.25, -0.2) is 9.69 Å². The van der Waals surface area contributed by atoms with Gasteiger partial charge in [0.25, 0.3) is 5.91 Å². The molecule has 0 saturated carbocycles. The Labute approximate surface area is 124 Å². The largest absolute Gasteiger partial charge is 0.417 e. The van der Waals surface area contributed by atoms with Gasteiger partial charge in [-0.15, -0.1) is 0 Å². The summed E-state index contributed by atoms with van der Waals surface area (Å²) >= 11 is 0. The smallest absolute Gasteiger partial charge is 0.312 e. The molecular formula is C14H12F3N3O2. The van der Waals surface area contributed by atoms with Crippen molar-refractivity contribution in [2.24, 2.45) is 0 Å². The Kier molecular flexibility index (Phi) is 3.83.